The van der Waals surface area contributed by atoms with Crippen LogP contribution in [-0.2, 0) is 30.9 Å². The first-order valence-electron chi connectivity index (χ1n) is 12.9. The number of hydrogen-bond acceptors (Lipinski definition) is 3. The van der Waals surface area contributed by atoms with Crippen LogP contribution in [0, 0.1) is 27.7 Å². The number of anilines is 2. The number of halogens is 2. The average Bonchev–Trinajstić information content (AvgIpc) is 3.49. The van der Waals surface area contributed by atoms with Crippen LogP contribution < -0.4 is 20.3 Å². The Morgan fingerprint density at radius 3 is 1.13 bits per heavy atom. The molecule has 0 atom stereocenters. The molecular weight excluding hydrogens is 619 g/mol. The van der Waals surface area contributed by atoms with Gasteiger partial charge in [-0.15, -0.1) is 24.8 Å². The van der Waals surface area contributed by atoms with Gasteiger partial charge in [-0.3, -0.25) is 0 Å². The number of hydrogen-bond donors (Lipinski definition) is 2. The van der Waals surface area contributed by atoms with Crippen LogP contribution in [0.4, 0.5) is 11.4 Å². The quantitative estimate of drug-likeness (QED) is 0.213. The Kier molecular flexibility index (Phi) is 15.4. The maximum atomic E-state index is 4.94. The Labute approximate surface area is 267 Å². The zero-order valence-corrected chi connectivity index (χ0v) is 28.4. The molecule has 0 unspecified atom stereocenters. The predicted molar refractivity (Wildman–Crippen MR) is 172 cm³/mol. The van der Waals surface area contributed by atoms with Gasteiger partial charge in [-0.05, 0) is 73.2 Å². The SMILES string of the molecule is C1CCOC1.Cc1cccc(C)c1N[Si](Nc1c(C)cccc1C)(c1ccccc1)c1ccccc1.Cl.Cl.[Zr]. The van der Waals surface area contributed by atoms with Crippen molar-refractivity contribution in [2.75, 3.05) is 23.2 Å². The van der Waals surface area contributed by atoms with E-state index >= 15 is 0 Å². The third-order valence-corrected chi connectivity index (χ3v) is 10.5. The van der Waals surface area contributed by atoms with E-state index in [-0.39, 0.29) is 51.0 Å². The minimum Gasteiger partial charge on any atom is -0.387 e. The van der Waals surface area contributed by atoms with E-state index in [1.807, 2.05) is 0 Å². The number of aryl methyl sites for hydroxylation is 4. The first kappa shape index (κ1) is 35.1. The molecule has 0 spiro atoms. The van der Waals surface area contributed by atoms with Crippen molar-refractivity contribution in [1.29, 1.82) is 0 Å². The monoisotopic (exact) mass is 656 g/mol. The van der Waals surface area contributed by atoms with Crippen LogP contribution in [0.1, 0.15) is 35.1 Å². The maximum absolute atomic E-state index is 4.94. The Hall–Kier alpha value is -1.88. The Balaban J connectivity index is 0.000000857. The second kappa shape index (κ2) is 17.0. The third kappa shape index (κ3) is 8.80. The van der Waals surface area contributed by atoms with E-state index in [0.717, 1.165) is 13.2 Å². The van der Waals surface area contributed by atoms with Gasteiger partial charge in [-0.25, -0.2) is 0 Å². The molecule has 1 saturated heterocycles. The fraction of sp³-hybridized carbons (Fsp3) is 0.250. The molecule has 0 aliphatic carbocycles. The average molecular weight is 659 g/mol. The standard InChI is InChI=1S/C28H30N2Si.C4H8O.2ClH.Zr/c1-21-13-11-14-22(2)27(21)29-31(25-17-7-5-8-18-25,26-19-9-6-10-20-26)30-28-23(3)15-12-16-24(28)4;1-2-4-5-3-1;;;/h5-20,29-30H,1-4H3;1-4H2;2*1H;. The molecule has 3 nitrogen and oxygen atoms in total. The molecule has 2 N–H and O–H groups in total. The molecule has 1 aliphatic heterocycles. The van der Waals surface area contributed by atoms with Gasteiger partial charge in [0.25, 0.3) is 0 Å². The summed E-state index contributed by atoms with van der Waals surface area (Å²) in [4.78, 5) is 8.18. The zero-order chi connectivity index (χ0) is 25.4. The van der Waals surface area contributed by atoms with Crippen LogP contribution in [0.2, 0.25) is 0 Å². The second-order valence-electron chi connectivity index (χ2n) is 9.59. The van der Waals surface area contributed by atoms with Gasteiger partial charge < -0.3 is 14.7 Å². The summed E-state index contributed by atoms with van der Waals surface area (Å²) in [6, 6.07) is 34.7. The molecule has 0 aromatic heterocycles. The minimum atomic E-state index is -2.65. The van der Waals surface area contributed by atoms with E-state index in [0.29, 0.717) is 0 Å². The molecule has 0 radical (unpaired) electrons. The van der Waals surface area contributed by atoms with Gasteiger partial charge in [0.15, 0.2) is 0 Å². The molecule has 206 valence electrons. The summed E-state index contributed by atoms with van der Waals surface area (Å²) in [5, 5.41) is 2.60. The predicted octanol–water partition coefficient (Wildman–Crippen LogP) is 7.34. The van der Waals surface area contributed by atoms with Crippen LogP contribution >= 0.6 is 24.8 Å². The molecule has 1 aliphatic rings. The molecule has 4 aromatic carbocycles. The van der Waals surface area contributed by atoms with E-state index in [4.69, 9.17) is 4.74 Å². The van der Waals surface area contributed by atoms with Crippen molar-refractivity contribution >= 4 is 55.0 Å². The Bertz CT molecular complexity index is 1130. The number of benzene rings is 4. The molecule has 4 aromatic rings. The van der Waals surface area contributed by atoms with Gasteiger partial charge in [-0.2, -0.15) is 0 Å². The van der Waals surface area contributed by atoms with Crippen molar-refractivity contribution in [2.45, 2.75) is 40.5 Å². The van der Waals surface area contributed by atoms with Gasteiger partial charge in [0.2, 0.25) is 0 Å². The third-order valence-electron chi connectivity index (χ3n) is 6.83. The van der Waals surface area contributed by atoms with E-state index in [1.54, 1.807) is 0 Å². The Morgan fingerprint density at radius 2 is 0.846 bits per heavy atom. The summed E-state index contributed by atoms with van der Waals surface area (Å²) in [6.45, 7) is 10.7. The Morgan fingerprint density at radius 1 is 0.513 bits per heavy atom. The van der Waals surface area contributed by atoms with Gasteiger partial charge in [-0.1, -0.05) is 97.1 Å². The molecular formula is C32H40Cl2N2OSiZr. The van der Waals surface area contributed by atoms with E-state index in [9.17, 15) is 0 Å². The summed E-state index contributed by atoms with van der Waals surface area (Å²) < 4.78 is 4.94. The number of para-hydroxylation sites is 2. The molecule has 5 rings (SSSR count). The molecule has 39 heavy (non-hydrogen) atoms. The maximum Gasteiger partial charge on any atom is 0.326 e. The molecule has 1 heterocycles. The van der Waals surface area contributed by atoms with Crippen LogP contribution in [0.5, 0.6) is 0 Å². The van der Waals surface area contributed by atoms with Crippen molar-refractivity contribution in [3.05, 3.63) is 119 Å². The van der Waals surface area contributed by atoms with Crippen molar-refractivity contribution in [3.63, 3.8) is 0 Å². The van der Waals surface area contributed by atoms with E-state index in [1.165, 1.54) is 56.8 Å². The van der Waals surface area contributed by atoms with Gasteiger partial charge >= 0.3 is 8.40 Å². The van der Waals surface area contributed by atoms with Gasteiger partial charge in [0.05, 0.1) is 0 Å². The van der Waals surface area contributed by atoms with Gasteiger partial charge in [0, 0.05) is 50.8 Å². The van der Waals surface area contributed by atoms with Crippen molar-refractivity contribution in [2.24, 2.45) is 0 Å². The zero-order valence-electron chi connectivity index (χ0n) is 23.3. The first-order chi connectivity index (χ1) is 17.5. The fourth-order valence-electron chi connectivity index (χ4n) is 4.77. The minimum absolute atomic E-state index is 0. The number of nitrogens with one attached hydrogen (secondary N) is 2. The summed E-state index contributed by atoms with van der Waals surface area (Å²) in [6.07, 6.45) is 2.56. The van der Waals surface area contributed by atoms with E-state index in [2.05, 4.69) is 135 Å². The van der Waals surface area contributed by atoms with Crippen LogP contribution in [0.15, 0.2) is 97.1 Å². The summed E-state index contributed by atoms with van der Waals surface area (Å²) in [5.74, 6) is 0. The fourth-order valence-corrected chi connectivity index (χ4v) is 8.67. The molecule has 7 heteroatoms. The molecule has 0 amide bonds. The van der Waals surface area contributed by atoms with Crippen LogP contribution in [-0.4, -0.2) is 21.6 Å². The summed E-state index contributed by atoms with van der Waals surface area (Å²) in [5.41, 5.74) is 7.44. The van der Waals surface area contributed by atoms with Crippen LogP contribution in [0.25, 0.3) is 0 Å². The van der Waals surface area contributed by atoms with E-state index < -0.39 is 8.40 Å². The van der Waals surface area contributed by atoms with Crippen molar-refractivity contribution in [3.8, 4) is 0 Å². The molecule has 1 fully saturated rings. The van der Waals surface area contributed by atoms with Crippen molar-refractivity contribution in [1.82, 2.24) is 0 Å². The first-order valence-corrected chi connectivity index (χ1v) is 14.9. The summed E-state index contributed by atoms with van der Waals surface area (Å²) in [7, 11) is -2.65. The summed E-state index contributed by atoms with van der Waals surface area (Å²) >= 11 is 0. The van der Waals surface area contributed by atoms with Crippen molar-refractivity contribution < 1.29 is 30.9 Å². The van der Waals surface area contributed by atoms with Crippen LogP contribution in [0.3, 0.4) is 0 Å². The van der Waals surface area contributed by atoms with Gasteiger partial charge in [0.1, 0.15) is 0 Å². The molecule has 0 bridgehead atoms. The topological polar surface area (TPSA) is 33.3 Å². The second-order valence-corrected chi connectivity index (χ2v) is 12.7. The normalized spacial score (nSPS) is 12.0. The number of ether oxygens (including phenoxy) is 1. The smallest absolute Gasteiger partial charge is 0.326 e. The largest absolute Gasteiger partial charge is 0.387 e. The number of rotatable bonds is 6. The molecule has 0 saturated carbocycles.